The van der Waals surface area contributed by atoms with Crippen molar-refractivity contribution in [3.8, 4) is 5.75 Å². The lowest BCUT2D eigenvalue weighted by molar-refractivity contribution is -0.168. The quantitative estimate of drug-likeness (QED) is 0.241. The van der Waals surface area contributed by atoms with E-state index >= 15 is 0 Å². The topological polar surface area (TPSA) is 182 Å². The number of phenolic OH excluding ortho intramolecular Hbond substituents is 1. The fourth-order valence-corrected chi connectivity index (χ4v) is 6.12. The summed E-state index contributed by atoms with van der Waals surface area (Å²) in [4.78, 5) is 40.3. The number of rotatable bonds is 6. The lowest BCUT2D eigenvalue weighted by atomic mass is 9.56. The Kier molecular flexibility index (Phi) is 6.48. The van der Waals surface area contributed by atoms with Gasteiger partial charge in [-0.1, -0.05) is 25.8 Å². The van der Waals surface area contributed by atoms with Gasteiger partial charge in [0.05, 0.1) is 23.6 Å². The van der Waals surface area contributed by atoms with E-state index in [1.54, 1.807) is 6.07 Å². The monoisotopic (exact) mass is 500 g/mol. The number of ketones is 2. The van der Waals surface area contributed by atoms with Crippen LogP contribution in [-0.2, 0) is 27.2 Å². The van der Waals surface area contributed by atoms with Crippen LogP contribution in [0.5, 0.6) is 5.75 Å². The van der Waals surface area contributed by atoms with Gasteiger partial charge in [0.1, 0.15) is 22.8 Å². The average Bonchev–Trinajstić information content (AvgIpc) is 2.80. The van der Waals surface area contributed by atoms with Crippen LogP contribution in [0.3, 0.4) is 0 Å². The Bertz CT molecular complexity index is 1220. The van der Waals surface area contributed by atoms with E-state index in [4.69, 9.17) is 5.73 Å². The molecule has 3 aliphatic rings. The molecule has 0 aliphatic heterocycles. The Morgan fingerprint density at radius 3 is 2.42 bits per heavy atom. The number of aryl methyl sites for hydroxylation is 1. The summed E-state index contributed by atoms with van der Waals surface area (Å²) in [7, 11) is 2.95. The minimum atomic E-state index is -2.89. The van der Waals surface area contributed by atoms with Gasteiger partial charge >= 0.3 is 0 Å². The number of hydrogen-bond donors (Lipinski definition) is 6. The molecule has 3 aliphatic carbocycles. The maximum absolute atomic E-state index is 13.8. The number of nitrogens with two attached hydrogens (primary N) is 1. The van der Waals surface area contributed by atoms with E-state index in [1.165, 1.54) is 25.1 Å². The molecule has 7 N–H and O–H groups in total. The summed E-state index contributed by atoms with van der Waals surface area (Å²) in [5.74, 6) is -8.10. The molecule has 1 amide bonds. The second kappa shape index (κ2) is 9.02. The molecule has 1 saturated carbocycles. The Morgan fingerprint density at radius 2 is 1.83 bits per heavy atom. The van der Waals surface area contributed by atoms with Gasteiger partial charge in [0.2, 0.25) is 5.78 Å². The summed E-state index contributed by atoms with van der Waals surface area (Å²) in [6.07, 6.45) is 1.99. The first-order valence-electron chi connectivity index (χ1n) is 12.1. The minimum Gasteiger partial charge on any atom is -0.508 e. The molecule has 1 aromatic carbocycles. The molecule has 1 fully saturated rings. The average molecular weight is 501 g/mol. The van der Waals surface area contributed by atoms with Crippen molar-refractivity contribution in [2.45, 2.75) is 56.8 Å². The van der Waals surface area contributed by atoms with Crippen molar-refractivity contribution in [3.05, 3.63) is 45.7 Å². The van der Waals surface area contributed by atoms with Gasteiger partial charge in [0, 0.05) is 11.5 Å². The van der Waals surface area contributed by atoms with Crippen LogP contribution in [0.4, 0.5) is 0 Å². The van der Waals surface area contributed by atoms with Crippen molar-refractivity contribution in [3.63, 3.8) is 0 Å². The first-order chi connectivity index (χ1) is 16.9. The number of amides is 1. The van der Waals surface area contributed by atoms with E-state index in [-0.39, 0.29) is 23.3 Å². The number of carbonyl (C=O) groups excluding carboxylic acids is 3. The fraction of sp³-hybridized carbons (Fsp3) is 0.500. The highest BCUT2D eigenvalue weighted by atomic mass is 16.4. The van der Waals surface area contributed by atoms with E-state index in [0.29, 0.717) is 12.0 Å². The zero-order valence-corrected chi connectivity index (χ0v) is 20.5. The molecule has 36 heavy (non-hydrogen) atoms. The molecule has 0 saturated heterocycles. The summed E-state index contributed by atoms with van der Waals surface area (Å²) >= 11 is 0. The van der Waals surface area contributed by atoms with Gasteiger partial charge in [-0.2, -0.15) is 0 Å². The molecule has 0 spiro atoms. The Morgan fingerprint density at radius 1 is 1.17 bits per heavy atom. The molecular weight excluding hydrogens is 468 g/mol. The zero-order valence-electron chi connectivity index (χ0n) is 20.5. The molecule has 10 heteroatoms. The van der Waals surface area contributed by atoms with Crippen LogP contribution in [0, 0.1) is 11.8 Å². The highest BCUT2D eigenvalue weighted by Gasteiger charge is 2.67. The van der Waals surface area contributed by atoms with Gasteiger partial charge < -0.3 is 31.3 Å². The molecule has 0 bridgehead atoms. The summed E-state index contributed by atoms with van der Waals surface area (Å²) in [5.41, 5.74) is 2.58. The second-order valence-corrected chi connectivity index (χ2v) is 10.1. The van der Waals surface area contributed by atoms with Gasteiger partial charge in [-0.3, -0.25) is 19.3 Å². The number of nitrogens with zero attached hydrogens (tertiary/aromatic N) is 1. The van der Waals surface area contributed by atoms with Crippen molar-refractivity contribution in [1.82, 2.24) is 4.90 Å². The van der Waals surface area contributed by atoms with Crippen molar-refractivity contribution in [2.75, 3.05) is 14.1 Å². The van der Waals surface area contributed by atoms with E-state index in [9.17, 15) is 39.9 Å². The number of benzene rings is 1. The maximum atomic E-state index is 13.8. The van der Waals surface area contributed by atoms with Crippen molar-refractivity contribution in [2.24, 2.45) is 17.6 Å². The number of phenols is 1. The van der Waals surface area contributed by atoms with Gasteiger partial charge in [0.15, 0.2) is 11.4 Å². The van der Waals surface area contributed by atoms with Gasteiger partial charge in [-0.25, -0.2) is 0 Å². The van der Waals surface area contributed by atoms with E-state index in [0.717, 1.165) is 24.8 Å². The summed E-state index contributed by atoms with van der Waals surface area (Å²) in [5, 5.41) is 55.8. The summed E-state index contributed by atoms with van der Waals surface area (Å²) in [6, 6.07) is 1.81. The predicted molar refractivity (Wildman–Crippen MR) is 129 cm³/mol. The van der Waals surface area contributed by atoms with Crippen LogP contribution in [-0.4, -0.2) is 79.7 Å². The normalized spacial score (nSPS) is 29.8. The van der Waals surface area contributed by atoms with Crippen LogP contribution < -0.4 is 5.73 Å². The number of aliphatic hydroxyl groups excluding tert-OH is 3. The Hall–Kier alpha value is -3.21. The molecule has 5 atom stereocenters. The number of fused-ring (bicyclic) bond motifs is 3. The maximum Gasteiger partial charge on any atom is 0.255 e. The minimum absolute atomic E-state index is 0.0347. The highest BCUT2D eigenvalue weighted by molar-refractivity contribution is 6.24. The van der Waals surface area contributed by atoms with Gasteiger partial charge in [-0.15, -0.1) is 0 Å². The van der Waals surface area contributed by atoms with Crippen LogP contribution in [0.15, 0.2) is 29.0 Å². The molecule has 194 valence electrons. The molecule has 4 rings (SSSR count). The number of carbonyl (C=O) groups is 3. The van der Waals surface area contributed by atoms with Crippen molar-refractivity contribution in [1.29, 1.82) is 0 Å². The lowest BCUT2D eigenvalue weighted by Crippen LogP contribution is -2.70. The molecule has 0 aromatic heterocycles. The Balaban J connectivity index is 1.96. The zero-order chi connectivity index (χ0) is 26.7. The SMILES string of the molecule is CCCCCc1ccc(O)c2c1C[C@H]1C(=C2O)C(=O)[C@@]2(O)C(O)=C(C(N)=O)C(=O)[C@H](N(C)C)[C@H]2[C@@H]1O. The summed E-state index contributed by atoms with van der Waals surface area (Å²) in [6.45, 7) is 2.07. The van der Waals surface area contributed by atoms with E-state index in [1.807, 2.05) is 0 Å². The first-order valence-corrected chi connectivity index (χ1v) is 12.1. The number of aromatic hydroxyl groups is 1. The first kappa shape index (κ1) is 25.9. The molecule has 0 heterocycles. The van der Waals surface area contributed by atoms with Crippen LogP contribution in [0.25, 0.3) is 5.76 Å². The fourth-order valence-electron chi connectivity index (χ4n) is 6.12. The standard InChI is InChI=1S/C26H32N2O8/c1-4-5-6-7-11-8-9-14(29)15-12(11)10-13-16(21(15)31)23(33)26(36)18(20(13)30)19(28(2)3)22(32)17(24(26)34)25(27)35/h8-9,13,18-20,29-31,34,36H,4-7,10H2,1-3H3,(H2,27,35)/t13-,18-,19+,20+,26+/m0/s1. The van der Waals surface area contributed by atoms with Crippen molar-refractivity contribution < 1.29 is 39.9 Å². The molecule has 0 unspecified atom stereocenters. The molecule has 0 radical (unpaired) electrons. The number of unbranched alkanes of at least 4 members (excludes halogenated alkanes) is 2. The van der Waals surface area contributed by atoms with Gasteiger partial charge in [-0.05, 0) is 50.6 Å². The molecular formula is C26H32N2O8. The summed E-state index contributed by atoms with van der Waals surface area (Å²) < 4.78 is 0. The largest absolute Gasteiger partial charge is 0.508 e. The van der Waals surface area contributed by atoms with Crippen LogP contribution >= 0.6 is 0 Å². The smallest absolute Gasteiger partial charge is 0.255 e. The van der Waals surface area contributed by atoms with Crippen LogP contribution in [0.2, 0.25) is 0 Å². The molecule has 1 aromatic rings. The lowest BCUT2D eigenvalue weighted by Gasteiger charge is -2.52. The number of aliphatic hydroxyl groups is 4. The highest BCUT2D eigenvalue weighted by Crippen LogP contribution is 2.53. The molecule has 10 nitrogen and oxygen atoms in total. The van der Waals surface area contributed by atoms with Crippen LogP contribution in [0.1, 0.15) is 42.9 Å². The van der Waals surface area contributed by atoms with Gasteiger partial charge in [0.25, 0.3) is 5.91 Å². The van der Waals surface area contributed by atoms with E-state index < -0.39 is 64.1 Å². The Labute approximate surface area is 208 Å². The number of likely N-dealkylation sites (N-methyl/N-ethyl adjacent to an activating group) is 1. The van der Waals surface area contributed by atoms with Crippen molar-refractivity contribution >= 4 is 23.2 Å². The third-order valence-corrected chi connectivity index (χ3v) is 7.83. The third-order valence-electron chi connectivity index (χ3n) is 7.83. The number of hydrogen-bond acceptors (Lipinski definition) is 9. The third kappa shape index (κ3) is 3.47. The predicted octanol–water partition coefficient (Wildman–Crippen LogP) is 0.668. The second-order valence-electron chi connectivity index (χ2n) is 10.1. The van der Waals surface area contributed by atoms with E-state index in [2.05, 4.69) is 6.92 Å². The number of primary amides is 1. The number of Topliss-reactive ketones (excluding diaryl/α,β-unsaturated/α-hetero) is 2.